The highest BCUT2D eigenvalue weighted by atomic mass is 35.5. The molecule has 0 aliphatic carbocycles. The van der Waals surface area contributed by atoms with Gasteiger partial charge in [-0.05, 0) is 0 Å². The van der Waals surface area contributed by atoms with E-state index in [1.165, 1.54) is 20.6 Å². The highest BCUT2D eigenvalue weighted by Gasteiger charge is 1.75. The van der Waals surface area contributed by atoms with Crippen molar-refractivity contribution in [1.82, 2.24) is 0 Å². The highest BCUT2D eigenvalue weighted by molar-refractivity contribution is 7.23. The average molecular weight is 138 g/mol. The third kappa shape index (κ3) is 20.1. The van der Waals surface area contributed by atoms with Gasteiger partial charge in [-0.15, -0.1) is 24.8 Å². The van der Waals surface area contributed by atoms with Crippen molar-refractivity contribution in [2.75, 3.05) is 0 Å². The van der Waals surface area contributed by atoms with Crippen molar-refractivity contribution in [2.24, 2.45) is 0 Å². The van der Waals surface area contributed by atoms with Gasteiger partial charge in [0.25, 0.3) is 0 Å². The molecule has 0 fully saturated rings. The minimum absolute atomic E-state index is 0. The Morgan fingerprint density at radius 1 is 1.43 bits per heavy atom. The Kier molecular flexibility index (Phi) is 35.5. The number of hydrogen-bond donors (Lipinski definition) is 0. The molecule has 0 aliphatic rings. The van der Waals surface area contributed by atoms with Gasteiger partial charge in [-0.2, -0.15) is 0 Å². The molecule has 0 amide bonds. The first-order valence-electron chi connectivity index (χ1n) is 2.41. The molecule has 0 unspecified atom stereocenters. The first kappa shape index (κ1) is 15.7. The van der Waals surface area contributed by atoms with Crippen LogP contribution in [0.4, 0.5) is 0 Å². The van der Waals surface area contributed by atoms with Gasteiger partial charge in [0.1, 0.15) is 0 Å². The third-order valence-corrected chi connectivity index (χ3v) is 0.707. The zero-order valence-corrected chi connectivity index (χ0v) is 6.57. The van der Waals surface area contributed by atoms with Crippen LogP contribution < -0.4 is 0 Å². The summed E-state index contributed by atoms with van der Waals surface area (Å²) in [4.78, 5) is 0. The van der Waals surface area contributed by atoms with Gasteiger partial charge in [-0.25, -0.2) is 0 Å². The van der Waals surface area contributed by atoms with Gasteiger partial charge in [0.05, 0.1) is 22.0 Å². The molecule has 0 aromatic rings. The number of rotatable bonds is 2. The average Bonchev–Trinajstić information content (AvgIpc) is 1.41. The Morgan fingerprint density at radius 2 is 1.86 bits per heavy atom. The number of halogens is 2. The molecular formula is C2H11B3Cl2. The van der Waals surface area contributed by atoms with Crippen molar-refractivity contribution in [3.8, 4) is 0 Å². The molecule has 0 nitrogen and oxygen atoms in total. The van der Waals surface area contributed by atoms with Crippen molar-refractivity contribution in [1.29, 1.82) is 0 Å². The van der Waals surface area contributed by atoms with Gasteiger partial charge in [0.2, 0.25) is 0 Å². The summed E-state index contributed by atoms with van der Waals surface area (Å²) in [5, 5.41) is 0. The second-order valence-corrected chi connectivity index (χ2v) is 1.35. The molecule has 0 aromatic carbocycles. The molecule has 0 aromatic heterocycles. The predicted octanol–water partition coefficient (Wildman–Crippen LogP) is -0.396. The first-order chi connectivity index (χ1) is 2.41. The summed E-state index contributed by atoms with van der Waals surface area (Å²) in [5.74, 6) is 0. The Morgan fingerprint density at radius 3 is 1.86 bits per heavy atom. The maximum absolute atomic E-state index is 2.21. The molecule has 0 atom stereocenters. The van der Waals surface area contributed by atoms with Crippen LogP contribution in [0.1, 0.15) is 6.92 Å². The fourth-order valence-corrected chi connectivity index (χ4v) is 0.354. The van der Waals surface area contributed by atoms with E-state index in [2.05, 4.69) is 14.7 Å². The Balaban J connectivity index is -0.0000000800. The number of hydrogen-bond acceptors (Lipinski definition) is 0. The van der Waals surface area contributed by atoms with E-state index in [1.807, 2.05) is 0 Å². The second kappa shape index (κ2) is 15.9. The van der Waals surface area contributed by atoms with Crippen LogP contribution in [-0.2, 0) is 0 Å². The van der Waals surface area contributed by atoms with Crippen molar-refractivity contribution in [3.05, 3.63) is 0 Å². The van der Waals surface area contributed by atoms with Crippen LogP contribution in [-0.4, -0.2) is 22.0 Å². The van der Waals surface area contributed by atoms with E-state index < -0.39 is 0 Å². The van der Waals surface area contributed by atoms with Crippen LogP contribution in [0.25, 0.3) is 0 Å². The maximum atomic E-state index is 2.21. The van der Waals surface area contributed by atoms with Crippen LogP contribution in [0, 0.1) is 0 Å². The van der Waals surface area contributed by atoms with E-state index >= 15 is 0 Å². The van der Waals surface area contributed by atoms with Crippen molar-refractivity contribution in [2.45, 2.75) is 13.2 Å². The summed E-state index contributed by atoms with van der Waals surface area (Å²) in [6.07, 6.45) is 1.34. The standard InChI is InChI=1S/C2H9B3.2ClH/c1-2-4-5-3;;/h4-5H,2-3H2,1H3;2*1H. The van der Waals surface area contributed by atoms with Crippen molar-refractivity contribution in [3.63, 3.8) is 0 Å². The molecule has 42 valence electrons. The fraction of sp³-hybridized carbons (Fsp3) is 1.00. The SMILES string of the molecule is BBBCC.Cl.Cl. The van der Waals surface area contributed by atoms with Gasteiger partial charge in [0.15, 0.2) is 0 Å². The molecule has 5 heteroatoms. The summed E-state index contributed by atoms with van der Waals surface area (Å²) in [6, 6.07) is 0. The summed E-state index contributed by atoms with van der Waals surface area (Å²) < 4.78 is 0. The lowest BCUT2D eigenvalue weighted by molar-refractivity contribution is 1.47. The fourth-order valence-electron chi connectivity index (χ4n) is 0.354. The molecule has 0 bridgehead atoms. The van der Waals surface area contributed by atoms with Crippen molar-refractivity contribution >= 4 is 46.8 Å². The third-order valence-electron chi connectivity index (χ3n) is 0.707. The Bertz CT molecular complexity index is 18.4. The van der Waals surface area contributed by atoms with E-state index in [4.69, 9.17) is 0 Å². The Labute approximate surface area is 60.5 Å². The molecule has 0 spiro atoms. The zero-order chi connectivity index (χ0) is 4.12. The lowest BCUT2D eigenvalue weighted by Crippen LogP contribution is -1.98. The summed E-state index contributed by atoms with van der Waals surface area (Å²) in [6.45, 7) is 2.21. The molecule has 0 radical (unpaired) electrons. The van der Waals surface area contributed by atoms with Crippen LogP contribution in [0.15, 0.2) is 0 Å². The van der Waals surface area contributed by atoms with Crippen LogP contribution in [0.2, 0.25) is 6.32 Å². The van der Waals surface area contributed by atoms with E-state index in [9.17, 15) is 0 Å². The van der Waals surface area contributed by atoms with Gasteiger partial charge < -0.3 is 0 Å². The summed E-state index contributed by atoms with van der Waals surface area (Å²) in [5.41, 5.74) is 0. The van der Waals surface area contributed by atoms with Gasteiger partial charge in [-0.3, -0.25) is 0 Å². The molecule has 0 N–H and O–H groups in total. The maximum Gasteiger partial charge on any atom is 0.0776 e. The molecule has 0 saturated carbocycles. The van der Waals surface area contributed by atoms with Crippen LogP contribution in [0.5, 0.6) is 0 Å². The van der Waals surface area contributed by atoms with Gasteiger partial charge >= 0.3 is 0 Å². The normalized spacial score (nSPS) is 4.71. The molecule has 0 heterocycles. The van der Waals surface area contributed by atoms with E-state index in [0.29, 0.717) is 0 Å². The smallest absolute Gasteiger partial charge is 0.0776 e. The van der Waals surface area contributed by atoms with Gasteiger partial charge in [0, 0.05) is 0 Å². The lowest BCUT2D eigenvalue weighted by atomic mass is 9.27. The quantitative estimate of drug-likeness (QED) is 0.456. The van der Waals surface area contributed by atoms with Gasteiger partial charge in [-0.1, -0.05) is 13.2 Å². The predicted molar refractivity (Wildman–Crippen MR) is 47.8 cm³/mol. The molecule has 0 saturated heterocycles. The summed E-state index contributed by atoms with van der Waals surface area (Å²) >= 11 is 0. The molecule has 0 aliphatic heterocycles. The highest BCUT2D eigenvalue weighted by Crippen LogP contribution is 1.63. The first-order valence-corrected chi connectivity index (χ1v) is 2.41. The second-order valence-electron chi connectivity index (χ2n) is 1.35. The van der Waals surface area contributed by atoms with Crippen LogP contribution in [0.3, 0.4) is 0 Å². The minimum atomic E-state index is 0. The van der Waals surface area contributed by atoms with E-state index in [-0.39, 0.29) is 24.8 Å². The molecular weight excluding hydrogens is 127 g/mol. The van der Waals surface area contributed by atoms with E-state index in [0.717, 1.165) is 0 Å². The minimum Gasteiger partial charge on any atom is -0.147 e. The zero-order valence-electron chi connectivity index (χ0n) is 4.94. The monoisotopic (exact) mass is 138 g/mol. The topological polar surface area (TPSA) is 0 Å². The Hall–Kier alpha value is 0.775. The lowest BCUT2D eigenvalue weighted by Gasteiger charge is -1.72. The molecule has 0 rings (SSSR count). The van der Waals surface area contributed by atoms with Crippen molar-refractivity contribution < 1.29 is 0 Å². The summed E-state index contributed by atoms with van der Waals surface area (Å²) in [7, 11) is 4.94. The van der Waals surface area contributed by atoms with E-state index in [1.54, 1.807) is 0 Å². The molecule has 7 heavy (non-hydrogen) atoms. The van der Waals surface area contributed by atoms with Crippen LogP contribution >= 0.6 is 24.8 Å². The largest absolute Gasteiger partial charge is 0.147 e.